The minimum absolute atomic E-state index is 0.00266. The van der Waals surface area contributed by atoms with Gasteiger partial charge in [0.15, 0.2) is 0 Å². The van der Waals surface area contributed by atoms with Gasteiger partial charge in [0.05, 0.1) is 5.75 Å². The number of hydrogen-bond donors (Lipinski definition) is 2. The highest BCUT2D eigenvalue weighted by molar-refractivity contribution is 7.86. The number of nitrogens with one attached hydrogen (secondary N) is 1. The third-order valence-corrected chi connectivity index (χ3v) is 3.99. The molecule has 0 bridgehead atoms. The van der Waals surface area contributed by atoms with Gasteiger partial charge in [0.25, 0.3) is 10.1 Å². The van der Waals surface area contributed by atoms with Crippen LogP contribution in [-0.2, 0) is 19.1 Å². The fraction of sp³-hybridized carbons (Fsp3) is 0.417. The summed E-state index contributed by atoms with van der Waals surface area (Å²) in [6.07, 6.45) is 6.69. The predicted molar refractivity (Wildman–Crippen MR) is 72.7 cm³/mol. The van der Waals surface area contributed by atoms with Crippen molar-refractivity contribution in [2.75, 3.05) is 12.3 Å². The Labute approximate surface area is 113 Å². The van der Waals surface area contributed by atoms with E-state index in [-0.39, 0.29) is 12.3 Å². The lowest BCUT2D eigenvalue weighted by Gasteiger charge is -2.37. The van der Waals surface area contributed by atoms with Gasteiger partial charge < -0.3 is 11.1 Å². The van der Waals surface area contributed by atoms with Crippen molar-refractivity contribution in [1.82, 2.24) is 5.32 Å². The van der Waals surface area contributed by atoms with Crippen molar-refractivity contribution in [3.05, 3.63) is 37.0 Å². The molecule has 106 valence electrons. The van der Waals surface area contributed by atoms with Crippen LogP contribution in [0, 0.1) is 0 Å². The van der Waals surface area contributed by atoms with Crippen LogP contribution in [0.5, 0.6) is 0 Å². The zero-order valence-corrected chi connectivity index (χ0v) is 11.5. The topological polar surface area (TPSA) is 98.5 Å². The number of hydrogen-bond acceptors (Lipinski definition) is 5. The van der Waals surface area contributed by atoms with Gasteiger partial charge in [0.1, 0.15) is 11.6 Å². The lowest BCUT2D eigenvalue weighted by molar-refractivity contribution is -0.118. The SMILES string of the molecule is C=CC(=O)NC1(CN)C=CC=CC1OS(=O)(=O)CC. The Morgan fingerprint density at radius 2 is 2.26 bits per heavy atom. The zero-order chi connectivity index (χ0) is 14.5. The zero-order valence-electron chi connectivity index (χ0n) is 10.7. The van der Waals surface area contributed by atoms with Crippen molar-refractivity contribution in [2.45, 2.75) is 18.6 Å². The molecule has 2 unspecified atom stereocenters. The van der Waals surface area contributed by atoms with Gasteiger partial charge >= 0.3 is 0 Å². The Hall–Kier alpha value is -1.44. The van der Waals surface area contributed by atoms with Crippen molar-refractivity contribution in [3.63, 3.8) is 0 Å². The van der Waals surface area contributed by atoms with Gasteiger partial charge in [0, 0.05) is 6.54 Å². The largest absolute Gasteiger partial charge is 0.339 e. The van der Waals surface area contributed by atoms with E-state index in [4.69, 9.17) is 9.92 Å². The molecule has 0 fully saturated rings. The summed E-state index contributed by atoms with van der Waals surface area (Å²) < 4.78 is 28.2. The molecule has 0 radical (unpaired) electrons. The summed E-state index contributed by atoms with van der Waals surface area (Å²) in [5.74, 6) is -0.607. The first-order chi connectivity index (χ1) is 8.89. The van der Waals surface area contributed by atoms with Crippen molar-refractivity contribution >= 4 is 16.0 Å². The molecule has 0 aromatic carbocycles. The molecular weight excluding hydrogens is 268 g/mol. The summed E-state index contributed by atoms with van der Waals surface area (Å²) >= 11 is 0. The van der Waals surface area contributed by atoms with Crippen LogP contribution in [0.2, 0.25) is 0 Å². The molecule has 0 aliphatic heterocycles. The van der Waals surface area contributed by atoms with Gasteiger partial charge in [-0.15, -0.1) is 0 Å². The first kappa shape index (κ1) is 15.6. The van der Waals surface area contributed by atoms with Crippen LogP contribution in [0.3, 0.4) is 0 Å². The number of carbonyl (C=O) groups is 1. The Morgan fingerprint density at radius 3 is 2.79 bits per heavy atom. The maximum Gasteiger partial charge on any atom is 0.267 e. The Bertz CT molecular complexity index is 510. The van der Waals surface area contributed by atoms with E-state index in [2.05, 4.69) is 11.9 Å². The first-order valence-electron chi connectivity index (χ1n) is 5.81. The second kappa shape index (κ2) is 6.14. The number of rotatable bonds is 6. The molecule has 0 aromatic heterocycles. The molecule has 2 atom stereocenters. The summed E-state index contributed by atoms with van der Waals surface area (Å²) in [5, 5.41) is 2.62. The molecule has 0 saturated heterocycles. The molecular formula is C12H18N2O4S. The van der Waals surface area contributed by atoms with Gasteiger partial charge in [-0.25, -0.2) is 0 Å². The van der Waals surface area contributed by atoms with E-state index in [1.165, 1.54) is 6.92 Å². The molecule has 19 heavy (non-hydrogen) atoms. The molecule has 0 spiro atoms. The van der Waals surface area contributed by atoms with Crippen LogP contribution in [-0.4, -0.2) is 38.3 Å². The number of nitrogens with two attached hydrogens (primary N) is 1. The Kier molecular flexibility index (Phi) is 5.04. The van der Waals surface area contributed by atoms with Crippen LogP contribution >= 0.6 is 0 Å². The van der Waals surface area contributed by atoms with E-state index in [0.29, 0.717) is 0 Å². The summed E-state index contributed by atoms with van der Waals surface area (Å²) in [6, 6.07) is 0. The van der Waals surface area contributed by atoms with Crippen LogP contribution in [0.15, 0.2) is 37.0 Å². The first-order valence-corrected chi connectivity index (χ1v) is 7.38. The minimum Gasteiger partial charge on any atom is -0.339 e. The normalized spacial score (nSPS) is 26.1. The quantitative estimate of drug-likeness (QED) is 0.522. The molecule has 0 aromatic rings. The van der Waals surface area contributed by atoms with Crippen molar-refractivity contribution in [3.8, 4) is 0 Å². The van der Waals surface area contributed by atoms with Crippen LogP contribution in [0.1, 0.15) is 6.92 Å². The molecule has 0 saturated carbocycles. The van der Waals surface area contributed by atoms with Crippen LogP contribution in [0.4, 0.5) is 0 Å². The van der Waals surface area contributed by atoms with Crippen molar-refractivity contribution in [1.29, 1.82) is 0 Å². The highest BCUT2D eigenvalue weighted by atomic mass is 32.2. The minimum atomic E-state index is -3.66. The molecule has 1 aliphatic carbocycles. The average Bonchev–Trinajstić information content (AvgIpc) is 2.40. The number of carbonyl (C=O) groups excluding carboxylic acids is 1. The highest BCUT2D eigenvalue weighted by Crippen LogP contribution is 2.22. The van der Waals surface area contributed by atoms with E-state index in [0.717, 1.165) is 6.08 Å². The van der Waals surface area contributed by atoms with Gasteiger partial charge in [0.2, 0.25) is 5.91 Å². The average molecular weight is 286 g/mol. The third-order valence-electron chi connectivity index (χ3n) is 2.78. The monoisotopic (exact) mass is 286 g/mol. The van der Waals surface area contributed by atoms with Gasteiger partial charge in [-0.05, 0) is 13.0 Å². The molecule has 0 heterocycles. The van der Waals surface area contributed by atoms with Crippen LogP contribution < -0.4 is 11.1 Å². The third kappa shape index (κ3) is 3.76. The lowest BCUT2D eigenvalue weighted by atomic mass is 9.88. The van der Waals surface area contributed by atoms with E-state index < -0.39 is 27.7 Å². The number of amides is 1. The summed E-state index contributed by atoms with van der Waals surface area (Å²) in [5.41, 5.74) is 4.59. The molecule has 1 rings (SSSR count). The molecule has 1 aliphatic rings. The molecule has 7 heteroatoms. The maximum absolute atomic E-state index is 11.6. The fourth-order valence-electron chi connectivity index (χ4n) is 1.63. The summed E-state index contributed by atoms with van der Waals surface area (Å²) in [4.78, 5) is 11.5. The van der Waals surface area contributed by atoms with Gasteiger partial charge in [-0.2, -0.15) is 8.42 Å². The molecule has 3 N–H and O–H groups in total. The second-order valence-electron chi connectivity index (χ2n) is 4.05. The van der Waals surface area contributed by atoms with E-state index >= 15 is 0 Å². The Morgan fingerprint density at radius 1 is 1.58 bits per heavy atom. The van der Waals surface area contributed by atoms with Crippen LogP contribution in [0.25, 0.3) is 0 Å². The van der Waals surface area contributed by atoms with Crippen molar-refractivity contribution in [2.24, 2.45) is 5.73 Å². The molecule has 6 nitrogen and oxygen atoms in total. The standard InChI is InChI=1S/C12H18N2O4S/c1-3-11(15)14-12(9-13)8-6-5-7-10(12)18-19(16,17)4-2/h3,5-8,10H,1,4,9,13H2,2H3,(H,14,15). The molecule has 1 amide bonds. The lowest BCUT2D eigenvalue weighted by Crippen LogP contribution is -2.60. The smallest absolute Gasteiger partial charge is 0.267 e. The summed E-state index contributed by atoms with van der Waals surface area (Å²) in [7, 11) is -3.66. The highest BCUT2D eigenvalue weighted by Gasteiger charge is 2.39. The summed E-state index contributed by atoms with van der Waals surface area (Å²) in [6.45, 7) is 4.83. The van der Waals surface area contributed by atoms with E-state index in [1.54, 1.807) is 24.3 Å². The van der Waals surface area contributed by atoms with Gasteiger partial charge in [-0.3, -0.25) is 8.98 Å². The second-order valence-corrected chi connectivity index (χ2v) is 5.93. The fourth-order valence-corrected chi connectivity index (χ4v) is 2.32. The maximum atomic E-state index is 11.6. The van der Waals surface area contributed by atoms with E-state index in [1.807, 2.05) is 0 Å². The number of allylic oxidation sites excluding steroid dienone is 2. The van der Waals surface area contributed by atoms with Gasteiger partial charge in [-0.1, -0.05) is 30.9 Å². The Balaban J connectivity index is 3.05. The van der Waals surface area contributed by atoms with E-state index in [9.17, 15) is 13.2 Å². The van der Waals surface area contributed by atoms with Crippen molar-refractivity contribution < 1.29 is 17.4 Å². The predicted octanol–water partition coefficient (Wildman–Crippen LogP) is -0.153.